The van der Waals surface area contributed by atoms with E-state index in [1.807, 2.05) is 0 Å². The lowest BCUT2D eigenvalue weighted by Gasteiger charge is -2.07. The second kappa shape index (κ2) is 7.02. The summed E-state index contributed by atoms with van der Waals surface area (Å²) in [6.07, 6.45) is -4.34. The molecule has 1 aromatic carbocycles. The Kier molecular flexibility index (Phi) is 5.33. The Labute approximate surface area is 124 Å². The van der Waals surface area contributed by atoms with Crippen LogP contribution in [0.25, 0.3) is 11.3 Å². The molecule has 1 aromatic heterocycles. The van der Waals surface area contributed by atoms with Gasteiger partial charge >= 0.3 is 6.18 Å². The highest BCUT2D eigenvalue weighted by Crippen LogP contribution is 2.32. The van der Waals surface area contributed by atoms with E-state index in [9.17, 15) is 13.2 Å². The lowest BCUT2D eigenvalue weighted by Crippen LogP contribution is -2.17. The van der Waals surface area contributed by atoms with Gasteiger partial charge in [0.15, 0.2) is 0 Å². The minimum atomic E-state index is -4.34. The first-order valence-electron chi connectivity index (χ1n) is 6.33. The zero-order chi connectivity index (χ0) is 15.3. The number of rotatable bonds is 6. The van der Waals surface area contributed by atoms with Crippen molar-refractivity contribution in [3.05, 3.63) is 40.8 Å². The summed E-state index contributed by atoms with van der Waals surface area (Å²) in [6.45, 7) is 1.95. The van der Waals surface area contributed by atoms with Crippen LogP contribution in [0.1, 0.15) is 10.4 Å². The first-order chi connectivity index (χ1) is 10.0. The second-order valence-corrected chi connectivity index (χ2v) is 5.32. The van der Waals surface area contributed by atoms with Crippen molar-refractivity contribution >= 4 is 11.5 Å². The van der Waals surface area contributed by atoms with Crippen LogP contribution in [0, 0.1) is 0 Å². The second-order valence-electron chi connectivity index (χ2n) is 4.43. The molecule has 0 aliphatic carbocycles. The van der Waals surface area contributed by atoms with Crippen LogP contribution in [0.2, 0.25) is 0 Å². The molecule has 0 saturated carbocycles. The Morgan fingerprint density at radius 2 is 2.10 bits per heavy atom. The monoisotopic (exact) mass is 316 g/mol. The maximum atomic E-state index is 12.7. The summed E-state index contributed by atoms with van der Waals surface area (Å²) in [7, 11) is 1.63. The highest BCUT2D eigenvalue weighted by Gasteiger charge is 2.30. The van der Waals surface area contributed by atoms with E-state index in [0.717, 1.165) is 17.0 Å². The molecular formula is C14H15F3N2OS. The number of ether oxygens (including phenoxy) is 1. The molecule has 0 bridgehead atoms. The van der Waals surface area contributed by atoms with Gasteiger partial charge in [0.25, 0.3) is 0 Å². The molecule has 21 heavy (non-hydrogen) atoms. The van der Waals surface area contributed by atoms with Crippen molar-refractivity contribution in [3.63, 3.8) is 0 Å². The lowest BCUT2D eigenvalue weighted by atomic mass is 10.1. The fraction of sp³-hybridized carbons (Fsp3) is 0.357. The quantitative estimate of drug-likeness (QED) is 0.827. The van der Waals surface area contributed by atoms with Crippen molar-refractivity contribution in [1.29, 1.82) is 0 Å². The van der Waals surface area contributed by atoms with Gasteiger partial charge in [-0.3, -0.25) is 0 Å². The summed E-state index contributed by atoms with van der Waals surface area (Å²) in [4.78, 5) is 0.971. The third-order valence-electron chi connectivity index (χ3n) is 2.83. The smallest absolute Gasteiger partial charge is 0.383 e. The molecule has 0 radical (unpaired) electrons. The Bertz CT molecular complexity index is 584. The van der Waals surface area contributed by atoms with Crippen molar-refractivity contribution in [2.24, 2.45) is 0 Å². The highest BCUT2D eigenvalue weighted by molar-refractivity contribution is 7.06. The number of nitrogens with one attached hydrogen (secondary N) is 1. The molecule has 0 spiro atoms. The third kappa shape index (κ3) is 4.52. The van der Waals surface area contributed by atoms with Crippen molar-refractivity contribution < 1.29 is 17.9 Å². The molecule has 2 aromatic rings. The van der Waals surface area contributed by atoms with Crippen LogP contribution in [0.3, 0.4) is 0 Å². The number of hydrogen-bond acceptors (Lipinski definition) is 4. The summed E-state index contributed by atoms with van der Waals surface area (Å²) >= 11 is 1.28. The molecule has 0 aliphatic rings. The summed E-state index contributed by atoms with van der Waals surface area (Å²) < 4.78 is 47.2. The molecule has 3 nitrogen and oxygen atoms in total. The van der Waals surface area contributed by atoms with Crippen LogP contribution in [-0.4, -0.2) is 24.6 Å². The largest absolute Gasteiger partial charge is 0.416 e. The fourth-order valence-electron chi connectivity index (χ4n) is 1.77. The normalized spacial score (nSPS) is 11.8. The average molecular weight is 316 g/mol. The van der Waals surface area contributed by atoms with Gasteiger partial charge in [0.2, 0.25) is 0 Å². The molecule has 0 fully saturated rings. The minimum absolute atomic E-state index is 0.476. The van der Waals surface area contributed by atoms with E-state index in [1.54, 1.807) is 19.2 Å². The molecule has 2 rings (SSSR count). The minimum Gasteiger partial charge on any atom is -0.383 e. The van der Waals surface area contributed by atoms with E-state index in [-0.39, 0.29) is 0 Å². The van der Waals surface area contributed by atoms with E-state index in [4.69, 9.17) is 4.74 Å². The maximum Gasteiger partial charge on any atom is 0.416 e. The molecule has 0 amide bonds. The van der Waals surface area contributed by atoms with Crippen molar-refractivity contribution in [1.82, 2.24) is 9.69 Å². The molecule has 0 unspecified atom stereocenters. The van der Waals surface area contributed by atoms with Gasteiger partial charge in [0.05, 0.1) is 17.9 Å². The van der Waals surface area contributed by atoms with E-state index in [1.165, 1.54) is 17.6 Å². The zero-order valence-corrected chi connectivity index (χ0v) is 12.2. The third-order valence-corrected chi connectivity index (χ3v) is 3.61. The van der Waals surface area contributed by atoms with Crippen molar-refractivity contribution in [2.75, 3.05) is 20.3 Å². The molecule has 0 saturated heterocycles. The van der Waals surface area contributed by atoms with Gasteiger partial charge in [-0.1, -0.05) is 12.1 Å². The fourth-order valence-corrected chi connectivity index (χ4v) is 2.48. The van der Waals surface area contributed by atoms with E-state index in [0.29, 0.717) is 31.0 Å². The van der Waals surface area contributed by atoms with Crippen molar-refractivity contribution in [3.8, 4) is 11.3 Å². The standard InChI is InChI=1S/C14H15F3N2OS/c1-20-6-5-18-9-12-8-13(19-21-12)10-3-2-4-11(7-10)14(15,16)17/h2-4,7-8,18H,5-6,9H2,1H3. The first-order valence-corrected chi connectivity index (χ1v) is 7.11. The van der Waals surface area contributed by atoms with Gasteiger partial charge < -0.3 is 10.1 Å². The van der Waals surface area contributed by atoms with Gasteiger partial charge in [-0.15, -0.1) is 0 Å². The van der Waals surface area contributed by atoms with Crippen LogP contribution >= 0.6 is 11.5 Å². The summed E-state index contributed by atoms with van der Waals surface area (Å²) in [5.41, 5.74) is 0.381. The zero-order valence-electron chi connectivity index (χ0n) is 11.4. The van der Waals surface area contributed by atoms with Gasteiger partial charge in [0, 0.05) is 30.6 Å². The Morgan fingerprint density at radius 1 is 1.29 bits per heavy atom. The molecule has 1 heterocycles. The molecule has 0 atom stereocenters. The van der Waals surface area contributed by atoms with Crippen LogP contribution in [0.4, 0.5) is 13.2 Å². The molecule has 7 heteroatoms. The number of alkyl halides is 3. The SMILES string of the molecule is COCCNCc1cc(-c2cccc(C(F)(F)F)c2)ns1. The number of methoxy groups -OCH3 is 1. The van der Waals surface area contributed by atoms with Gasteiger partial charge in [0.1, 0.15) is 0 Å². The number of nitrogens with zero attached hydrogens (tertiary/aromatic N) is 1. The Morgan fingerprint density at radius 3 is 2.81 bits per heavy atom. The van der Waals surface area contributed by atoms with E-state index >= 15 is 0 Å². The lowest BCUT2D eigenvalue weighted by molar-refractivity contribution is -0.137. The highest BCUT2D eigenvalue weighted by atomic mass is 32.1. The Balaban J connectivity index is 2.07. The molecule has 0 aliphatic heterocycles. The summed E-state index contributed by atoms with van der Waals surface area (Å²) in [6, 6.07) is 7.01. The average Bonchev–Trinajstić information content (AvgIpc) is 2.92. The van der Waals surface area contributed by atoms with Crippen LogP contribution in [0.5, 0.6) is 0 Å². The van der Waals surface area contributed by atoms with E-state index in [2.05, 4.69) is 9.69 Å². The van der Waals surface area contributed by atoms with Gasteiger partial charge in [-0.25, -0.2) is 0 Å². The topological polar surface area (TPSA) is 34.1 Å². The van der Waals surface area contributed by atoms with Crippen LogP contribution in [-0.2, 0) is 17.5 Å². The van der Waals surface area contributed by atoms with Gasteiger partial charge in [-0.2, -0.15) is 17.5 Å². The first kappa shape index (κ1) is 15.9. The molecule has 1 N–H and O–H groups in total. The number of benzene rings is 1. The number of aromatic nitrogens is 1. The Hall–Kier alpha value is -1.44. The van der Waals surface area contributed by atoms with Gasteiger partial charge in [-0.05, 0) is 29.7 Å². The maximum absolute atomic E-state index is 12.7. The van der Waals surface area contributed by atoms with Crippen LogP contribution < -0.4 is 5.32 Å². The summed E-state index contributed by atoms with van der Waals surface area (Å²) in [5.74, 6) is 0. The van der Waals surface area contributed by atoms with Crippen molar-refractivity contribution in [2.45, 2.75) is 12.7 Å². The van der Waals surface area contributed by atoms with Crippen LogP contribution in [0.15, 0.2) is 30.3 Å². The predicted molar refractivity (Wildman–Crippen MR) is 76.1 cm³/mol. The number of hydrogen-bond donors (Lipinski definition) is 1. The predicted octanol–water partition coefficient (Wildman–Crippen LogP) is 3.56. The van der Waals surface area contributed by atoms with E-state index < -0.39 is 11.7 Å². The molecule has 114 valence electrons. The molecular weight excluding hydrogens is 301 g/mol. The number of halogens is 3. The summed E-state index contributed by atoms with van der Waals surface area (Å²) in [5, 5.41) is 3.17.